The second kappa shape index (κ2) is 5.53. The third-order valence-electron chi connectivity index (χ3n) is 3.01. The number of rotatable bonds is 5. The Kier molecular flexibility index (Phi) is 3.81. The van der Waals surface area contributed by atoms with Crippen LogP contribution in [0.1, 0.15) is 24.8 Å². The van der Waals surface area contributed by atoms with Gasteiger partial charge in [0.2, 0.25) is 0 Å². The molecule has 1 saturated carbocycles. The zero-order chi connectivity index (χ0) is 12.1. The zero-order valence-electron chi connectivity index (χ0n) is 9.63. The van der Waals surface area contributed by atoms with Crippen molar-refractivity contribution in [2.75, 3.05) is 6.61 Å². The van der Waals surface area contributed by atoms with Gasteiger partial charge in [0.05, 0.1) is 6.61 Å². The minimum Gasteiger partial charge on any atom is -0.493 e. The number of carboxylic acid groups (broad SMARTS) is 1. The highest BCUT2D eigenvalue weighted by atomic mass is 16.5. The lowest BCUT2D eigenvalue weighted by Crippen LogP contribution is -2.19. The fourth-order valence-corrected chi connectivity index (χ4v) is 1.72. The first kappa shape index (κ1) is 11.7. The highest BCUT2D eigenvalue weighted by molar-refractivity contribution is 5.85. The van der Waals surface area contributed by atoms with E-state index in [1.165, 1.54) is 19.3 Å². The monoisotopic (exact) mass is 232 g/mol. The third-order valence-corrected chi connectivity index (χ3v) is 3.01. The van der Waals surface area contributed by atoms with Crippen molar-refractivity contribution in [2.45, 2.75) is 19.3 Å². The van der Waals surface area contributed by atoms with Crippen molar-refractivity contribution in [3.05, 3.63) is 35.9 Å². The van der Waals surface area contributed by atoms with Gasteiger partial charge in [0, 0.05) is 6.08 Å². The van der Waals surface area contributed by atoms with Gasteiger partial charge in [0.15, 0.2) is 0 Å². The molecule has 1 fully saturated rings. The maximum atomic E-state index is 10.3. The molecule has 1 aromatic rings. The van der Waals surface area contributed by atoms with Crippen molar-refractivity contribution >= 4 is 12.0 Å². The van der Waals surface area contributed by atoms with Crippen LogP contribution in [0.15, 0.2) is 30.3 Å². The Labute approximate surface area is 101 Å². The highest BCUT2D eigenvalue weighted by Crippen LogP contribution is 2.27. The van der Waals surface area contributed by atoms with E-state index < -0.39 is 5.97 Å². The van der Waals surface area contributed by atoms with Crippen LogP contribution in [-0.4, -0.2) is 17.7 Å². The molecule has 1 aliphatic rings. The molecule has 0 radical (unpaired) electrons. The number of ether oxygens (including phenoxy) is 1. The second-order valence-corrected chi connectivity index (χ2v) is 4.35. The first-order chi connectivity index (χ1) is 8.24. The van der Waals surface area contributed by atoms with E-state index in [0.717, 1.165) is 29.9 Å². The molecule has 1 aliphatic carbocycles. The van der Waals surface area contributed by atoms with E-state index in [4.69, 9.17) is 9.84 Å². The van der Waals surface area contributed by atoms with Crippen molar-refractivity contribution < 1.29 is 14.6 Å². The minimum atomic E-state index is -0.935. The van der Waals surface area contributed by atoms with E-state index >= 15 is 0 Å². The molecule has 1 aromatic carbocycles. The molecular weight excluding hydrogens is 216 g/mol. The summed E-state index contributed by atoms with van der Waals surface area (Å²) in [7, 11) is 0. The van der Waals surface area contributed by atoms with Crippen molar-refractivity contribution in [3.8, 4) is 5.75 Å². The van der Waals surface area contributed by atoms with Crippen molar-refractivity contribution in [1.82, 2.24) is 0 Å². The molecule has 0 spiro atoms. The molecule has 0 heterocycles. The summed E-state index contributed by atoms with van der Waals surface area (Å²) < 4.78 is 5.65. The van der Waals surface area contributed by atoms with Crippen LogP contribution in [0.4, 0.5) is 0 Å². The number of benzene rings is 1. The van der Waals surface area contributed by atoms with Crippen molar-refractivity contribution in [3.63, 3.8) is 0 Å². The fraction of sp³-hybridized carbons (Fsp3) is 0.357. The topological polar surface area (TPSA) is 46.5 Å². The molecule has 0 bridgehead atoms. The van der Waals surface area contributed by atoms with Crippen LogP contribution in [0.25, 0.3) is 6.08 Å². The van der Waals surface area contributed by atoms with Gasteiger partial charge in [0.1, 0.15) is 5.75 Å². The molecule has 3 nitrogen and oxygen atoms in total. The van der Waals surface area contributed by atoms with Crippen LogP contribution in [0.2, 0.25) is 0 Å². The highest BCUT2D eigenvalue weighted by Gasteiger charge is 2.17. The van der Waals surface area contributed by atoms with Gasteiger partial charge in [-0.05, 0) is 42.5 Å². The lowest BCUT2D eigenvalue weighted by Gasteiger charge is -2.25. The Morgan fingerprint density at radius 3 is 2.59 bits per heavy atom. The summed E-state index contributed by atoms with van der Waals surface area (Å²) in [4.78, 5) is 10.3. The van der Waals surface area contributed by atoms with Gasteiger partial charge < -0.3 is 9.84 Å². The second-order valence-electron chi connectivity index (χ2n) is 4.35. The summed E-state index contributed by atoms with van der Waals surface area (Å²) in [6.45, 7) is 0.796. The van der Waals surface area contributed by atoms with E-state index in [2.05, 4.69) is 0 Å². The van der Waals surface area contributed by atoms with Gasteiger partial charge in [-0.25, -0.2) is 4.79 Å². The SMILES string of the molecule is O=C(O)C=Cc1ccc(OCC2CCC2)cc1. The summed E-state index contributed by atoms with van der Waals surface area (Å²) in [5.41, 5.74) is 0.864. The van der Waals surface area contributed by atoms with Crippen molar-refractivity contribution in [1.29, 1.82) is 0 Å². The average molecular weight is 232 g/mol. The molecule has 3 heteroatoms. The number of carboxylic acids is 1. The van der Waals surface area contributed by atoms with E-state index in [1.807, 2.05) is 24.3 Å². The Bertz CT molecular complexity index is 402. The van der Waals surface area contributed by atoms with E-state index in [0.29, 0.717) is 0 Å². The van der Waals surface area contributed by atoms with Crippen LogP contribution in [0.3, 0.4) is 0 Å². The van der Waals surface area contributed by atoms with Gasteiger partial charge in [-0.1, -0.05) is 18.6 Å². The van der Waals surface area contributed by atoms with E-state index in [9.17, 15) is 4.79 Å². The summed E-state index contributed by atoms with van der Waals surface area (Å²) in [5, 5.41) is 8.50. The third kappa shape index (κ3) is 3.63. The maximum absolute atomic E-state index is 10.3. The molecule has 0 saturated heterocycles. The molecule has 0 aromatic heterocycles. The van der Waals surface area contributed by atoms with Crippen LogP contribution in [0, 0.1) is 5.92 Å². The molecule has 2 rings (SSSR count). The number of carbonyl (C=O) groups is 1. The molecule has 17 heavy (non-hydrogen) atoms. The molecule has 1 N–H and O–H groups in total. The first-order valence-electron chi connectivity index (χ1n) is 5.88. The largest absolute Gasteiger partial charge is 0.493 e. The Morgan fingerprint density at radius 2 is 2.06 bits per heavy atom. The lowest BCUT2D eigenvalue weighted by atomic mass is 9.86. The summed E-state index contributed by atoms with van der Waals surface area (Å²) in [5.74, 6) is 0.640. The van der Waals surface area contributed by atoms with Gasteiger partial charge in [-0.2, -0.15) is 0 Å². The Hall–Kier alpha value is -1.77. The lowest BCUT2D eigenvalue weighted by molar-refractivity contribution is -0.131. The normalized spacial score (nSPS) is 15.8. The summed E-state index contributed by atoms with van der Waals surface area (Å²) in [6.07, 6.45) is 6.58. The standard InChI is InChI=1S/C14H16O3/c15-14(16)9-6-11-4-7-13(8-5-11)17-10-12-2-1-3-12/h4-9,12H,1-3,10H2,(H,15,16). The molecule has 90 valence electrons. The number of hydrogen-bond acceptors (Lipinski definition) is 2. The van der Waals surface area contributed by atoms with Gasteiger partial charge in [0.25, 0.3) is 0 Å². The predicted octanol–water partition coefficient (Wildman–Crippen LogP) is 2.96. The first-order valence-corrected chi connectivity index (χ1v) is 5.88. The maximum Gasteiger partial charge on any atom is 0.328 e. The van der Waals surface area contributed by atoms with E-state index in [1.54, 1.807) is 6.08 Å². The molecule has 0 unspecified atom stereocenters. The Morgan fingerprint density at radius 1 is 1.35 bits per heavy atom. The van der Waals surface area contributed by atoms with Crippen LogP contribution >= 0.6 is 0 Å². The summed E-state index contributed by atoms with van der Waals surface area (Å²) in [6, 6.07) is 7.46. The van der Waals surface area contributed by atoms with Gasteiger partial charge in [-0.15, -0.1) is 0 Å². The van der Waals surface area contributed by atoms with Gasteiger partial charge >= 0.3 is 5.97 Å². The quantitative estimate of drug-likeness (QED) is 0.794. The minimum absolute atomic E-state index is 0.724. The average Bonchev–Trinajstić information content (AvgIpc) is 2.26. The fourth-order valence-electron chi connectivity index (χ4n) is 1.72. The van der Waals surface area contributed by atoms with Crippen molar-refractivity contribution in [2.24, 2.45) is 5.92 Å². The van der Waals surface area contributed by atoms with Crippen LogP contribution in [0.5, 0.6) is 5.75 Å². The van der Waals surface area contributed by atoms with Gasteiger partial charge in [-0.3, -0.25) is 0 Å². The van der Waals surface area contributed by atoms with Crippen LogP contribution in [-0.2, 0) is 4.79 Å². The number of aliphatic carboxylic acids is 1. The zero-order valence-corrected chi connectivity index (χ0v) is 9.63. The predicted molar refractivity (Wildman–Crippen MR) is 65.9 cm³/mol. The Balaban J connectivity index is 1.86. The molecule has 0 atom stereocenters. The summed E-state index contributed by atoms with van der Waals surface area (Å²) >= 11 is 0. The number of hydrogen-bond donors (Lipinski definition) is 1. The smallest absolute Gasteiger partial charge is 0.328 e. The molecule has 0 aliphatic heterocycles. The van der Waals surface area contributed by atoms with Crippen LogP contribution < -0.4 is 4.74 Å². The molecule has 0 amide bonds. The molecular formula is C14H16O3. The van der Waals surface area contributed by atoms with E-state index in [-0.39, 0.29) is 0 Å².